The first-order valence-corrected chi connectivity index (χ1v) is 6.57. The maximum Gasteiger partial charge on any atom is 0.221 e. The summed E-state index contributed by atoms with van der Waals surface area (Å²) in [4.78, 5) is 11.5. The molecule has 0 aromatic rings. The van der Waals surface area contributed by atoms with E-state index in [0.717, 1.165) is 31.2 Å². The molecule has 3 nitrogen and oxygen atoms in total. The molecule has 2 N–H and O–H groups in total. The van der Waals surface area contributed by atoms with Crippen molar-refractivity contribution in [1.82, 2.24) is 10.6 Å². The molecule has 1 aliphatic carbocycles. The first-order valence-electron chi connectivity index (χ1n) is 6.57. The minimum absolute atomic E-state index is 0.197. The van der Waals surface area contributed by atoms with Crippen LogP contribution in [0.4, 0.5) is 0 Å². The van der Waals surface area contributed by atoms with E-state index >= 15 is 0 Å². The van der Waals surface area contributed by atoms with Gasteiger partial charge in [0.25, 0.3) is 0 Å². The van der Waals surface area contributed by atoms with Crippen LogP contribution in [0.3, 0.4) is 0 Å². The Morgan fingerprint density at radius 1 is 1.25 bits per heavy atom. The van der Waals surface area contributed by atoms with E-state index < -0.39 is 0 Å². The standard InChI is InChI=1S/C13H26N2O/c1-10(2)11-4-6-12(7-5-11)15-13(16)8-9-14-3/h10-12,14H,4-9H2,1-3H3,(H,15,16). The van der Waals surface area contributed by atoms with E-state index in [-0.39, 0.29) is 5.91 Å². The molecule has 0 spiro atoms. The number of carbonyl (C=O) groups excluding carboxylic acids is 1. The molecule has 0 atom stereocenters. The van der Waals surface area contributed by atoms with E-state index in [2.05, 4.69) is 24.5 Å². The van der Waals surface area contributed by atoms with Gasteiger partial charge >= 0.3 is 0 Å². The van der Waals surface area contributed by atoms with Crippen LogP contribution in [0.1, 0.15) is 46.0 Å². The molecule has 16 heavy (non-hydrogen) atoms. The highest BCUT2D eigenvalue weighted by Crippen LogP contribution is 2.29. The number of amides is 1. The van der Waals surface area contributed by atoms with E-state index in [0.29, 0.717) is 12.5 Å². The molecule has 1 amide bonds. The maximum atomic E-state index is 11.5. The highest BCUT2D eigenvalue weighted by molar-refractivity contribution is 5.76. The Bertz CT molecular complexity index is 208. The first-order chi connectivity index (χ1) is 7.63. The summed E-state index contributed by atoms with van der Waals surface area (Å²) >= 11 is 0. The van der Waals surface area contributed by atoms with E-state index in [1.165, 1.54) is 12.8 Å². The SMILES string of the molecule is CNCCC(=O)NC1CCC(C(C)C)CC1. The zero-order chi connectivity index (χ0) is 12.0. The Hall–Kier alpha value is -0.570. The van der Waals surface area contributed by atoms with Crippen molar-refractivity contribution in [2.24, 2.45) is 11.8 Å². The van der Waals surface area contributed by atoms with E-state index in [1.807, 2.05) is 7.05 Å². The smallest absolute Gasteiger partial charge is 0.221 e. The lowest BCUT2D eigenvalue weighted by atomic mass is 9.80. The molecule has 1 rings (SSSR count). The quantitative estimate of drug-likeness (QED) is 0.752. The average molecular weight is 226 g/mol. The lowest BCUT2D eigenvalue weighted by Gasteiger charge is -2.31. The van der Waals surface area contributed by atoms with Crippen LogP contribution in [0, 0.1) is 11.8 Å². The normalized spacial score (nSPS) is 25.8. The van der Waals surface area contributed by atoms with Crippen molar-refractivity contribution >= 4 is 5.91 Å². The number of hydrogen-bond acceptors (Lipinski definition) is 2. The predicted octanol–water partition coefficient (Wildman–Crippen LogP) is 1.93. The Morgan fingerprint density at radius 3 is 2.38 bits per heavy atom. The van der Waals surface area contributed by atoms with Gasteiger partial charge in [-0.05, 0) is 44.6 Å². The van der Waals surface area contributed by atoms with E-state index in [1.54, 1.807) is 0 Å². The summed E-state index contributed by atoms with van der Waals surface area (Å²) in [5.74, 6) is 1.86. The van der Waals surface area contributed by atoms with E-state index in [4.69, 9.17) is 0 Å². The third kappa shape index (κ3) is 4.52. The summed E-state index contributed by atoms with van der Waals surface area (Å²) in [6.07, 6.45) is 5.46. The van der Waals surface area contributed by atoms with Gasteiger partial charge in [-0.25, -0.2) is 0 Å². The molecule has 1 saturated carbocycles. The van der Waals surface area contributed by atoms with Crippen LogP contribution in [0.2, 0.25) is 0 Å². The second kappa shape index (κ2) is 6.89. The van der Waals surface area contributed by atoms with Gasteiger partial charge in [0.2, 0.25) is 5.91 Å². The van der Waals surface area contributed by atoms with Gasteiger partial charge in [-0.2, -0.15) is 0 Å². The van der Waals surface area contributed by atoms with Crippen molar-refractivity contribution in [3.8, 4) is 0 Å². The monoisotopic (exact) mass is 226 g/mol. The van der Waals surface area contributed by atoms with Gasteiger partial charge in [0.05, 0.1) is 0 Å². The second-order valence-electron chi connectivity index (χ2n) is 5.28. The highest BCUT2D eigenvalue weighted by Gasteiger charge is 2.23. The zero-order valence-corrected chi connectivity index (χ0v) is 10.9. The topological polar surface area (TPSA) is 41.1 Å². The predicted molar refractivity (Wildman–Crippen MR) is 67.3 cm³/mol. The van der Waals surface area contributed by atoms with Crippen LogP contribution in [0.15, 0.2) is 0 Å². The molecule has 3 heteroatoms. The Labute approximate surface area is 99.4 Å². The molecule has 0 aromatic heterocycles. The fourth-order valence-corrected chi connectivity index (χ4v) is 2.47. The van der Waals surface area contributed by atoms with Crippen molar-refractivity contribution in [3.05, 3.63) is 0 Å². The van der Waals surface area contributed by atoms with Gasteiger partial charge in [-0.1, -0.05) is 13.8 Å². The maximum absolute atomic E-state index is 11.5. The molecule has 0 radical (unpaired) electrons. The largest absolute Gasteiger partial charge is 0.353 e. The van der Waals surface area contributed by atoms with Crippen LogP contribution in [0.5, 0.6) is 0 Å². The van der Waals surface area contributed by atoms with Crippen molar-refractivity contribution in [2.45, 2.75) is 52.0 Å². The van der Waals surface area contributed by atoms with Crippen LogP contribution in [0.25, 0.3) is 0 Å². The van der Waals surface area contributed by atoms with Gasteiger partial charge in [0.15, 0.2) is 0 Å². The lowest BCUT2D eigenvalue weighted by molar-refractivity contribution is -0.122. The van der Waals surface area contributed by atoms with Crippen molar-refractivity contribution in [3.63, 3.8) is 0 Å². The minimum atomic E-state index is 0.197. The van der Waals surface area contributed by atoms with Gasteiger partial charge in [0, 0.05) is 19.0 Å². The fraction of sp³-hybridized carbons (Fsp3) is 0.923. The highest BCUT2D eigenvalue weighted by atomic mass is 16.1. The van der Waals surface area contributed by atoms with Gasteiger partial charge in [0.1, 0.15) is 0 Å². The summed E-state index contributed by atoms with van der Waals surface area (Å²) in [6.45, 7) is 5.38. The molecule has 1 aliphatic rings. The Kier molecular flexibility index (Phi) is 5.81. The third-order valence-corrected chi connectivity index (χ3v) is 3.68. The molecule has 0 aliphatic heterocycles. The summed E-state index contributed by atoms with van der Waals surface area (Å²) in [5, 5.41) is 6.13. The van der Waals surface area contributed by atoms with Crippen LogP contribution in [-0.2, 0) is 4.79 Å². The van der Waals surface area contributed by atoms with Gasteiger partial charge < -0.3 is 10.6 Å². The average Bonchev–Trinajstić information content (AvgIpc) is 2.27. The molecule has 0 heterocycles. The fourth-order valence-electron chi connectivity index (χ4n) is 2.47. The summed E-state index contributed by atoms with van der Waals surface area (Å²) in [5.41, 5.74) is 0. The first kappa shape index (κ1) is 13.5. The number of rotatable bonds is 5. The summed E-state index contributed by atoms with van der Waals surface area (Å²) in [7, 11) is 1.88. The minimum Gasteiger partial charge on any atom is -0.353 e. The van der Waals surface area contributed by atoms with Crippen molar-refractivity contribution in [2.75, 3.05) is 13.6 Å². The molecule has 0 aromatic carbocycles. The third-order valence-electron chi connectivity index (χ3n) is 3.68. The summed E-state index contributed by atoms with van der Waals surface area (Å²) in [6, 6.07) is 0.430. The molecule has 0 bridgehead atoms. The molecule has 0 saturated heterocycles. The number of hydrogen-bond donors (Lipinski definition) is 2. The Morgan fingerprint density at radius 2 is 1.88 bits per heavy atom. The van der Waals surface area contributed by atoms with Crippen LogP contribution >= 0.6 is 0 Å². The van der Waals surface area contributed by atoms with Gasteiger partial charge in [-0.15, -0.1) is 0 Å². The van der Waals surface area contributed by atoms with E-state index in [9.17, 15) is 4.79 Å². The van der Waals surface area contributed by atoms with Gasteiger partial charge in [-0.3, -0.25) is 4.79 Å². The second-order valence-corrected chi connectivity index (χ2v) is 5.28. The van der Waals surface area contributed by atoms with Crippen LogP contribution in [-0.4, -0.2) is 25.5 Å². The number of nitrogens with one attached hydrogen (secondary N) is 2. The zero-order valence-electron chi connectivity index (χ0n) is 10.9. The molecular formula is C13H26N2O. The summed E-state index contributed by atoms with van der Waals surface area (Å²) < 4.78 is 0. The lowest BCUT2D eigenvalue weighted by Crippen LogP contribution is -2.39. The van der Waals surface area contributed by atoms with Crippen molar-refractivity contribution < 1.29 is 4.79 Å². The van der Waals surface area contributed by atoms with Crippen molar-refractivity contribution in [1.29, 1.82) is 0 Å². The van der Waals surface area contributed by atoms with Crippen LogP contribution < -0.4 is 10.6 Å². The Balaban J connectivity index is 2.19. The molecular weight excluding hydrogens is 200 g/mol. The molecule has 1 fully saturated rings. The number of carbonyl (C=O) groups is 1. The molecule has 94 valence electrons. The molecule has 0 unspecified atom stereocenters.